The highest BCUT2D eigenvalue weighted by atomic mass is 35.5. The van der Waals surface area contributed by atoms with Crippen molar-refractivity contribution in [2.24, 2.45) is 5.84 Å². The zero-order valence-electron chi connectivity index (χ0n) is 10.5. The van der Waals surface area contributed by atoms with Crippen LogP contribution in [0.15, 0.2) is 36.4 Å². The first kappa shape index (κ1) is 14.7. The average molecular weight is 308 g/mol. The molecule has 1 heterocycles. The van der Waals surface area contributed by atoms with Crippen molar-refractivity contribution in [1.29, 1.82) is 0 Å². The Bertz CT molecular complexity index is 690. The van der Waals surface area contributed by atoms with Crippen LogP contribution < -0.4 is 16.6 Å². The van der Waals surface area contributed by atoms with Crippen LogP contribution in [0.5, 0.6) is 0 Å². The number of anilines is 2. The highest BCUT2D eigenvalue weighted by molar-refractivity contribution is 6.34. The summed E-state index contributed by atoms with van der Waals surface area (Å²) in [6, 6.07) is 8.38. The number of amides is 1. The zero-order chi connectivity index (χ0) is 15.4. The van der Waals surface area contributed by atoms with Gasteiger partial charge in [0, 0.05) is 17.8 Å². The molecule has 0 aliphatic carbocycles. The highest BCUT2D eigenvalue weighted by Crippen LogP contribution is 2.19. The number of nitrogens with two attached hydrogens (primary N) is 1. The van der Waals surface area contributed by atoms with E-state index in [1.807, 2.05) is 0 Å². The van der Waals surface area contributed by atoms with Crippen LogP contribution in [0.1, 0.15) is 10.5 Å². The molecule has 0 atom stereocenters. The second-order valence-electron chi connectivity index (χ2n) is 3.93. The molecule has 0 saturated carbocycles. The summed E-state index contributed by atoms with van der Waals surface area (Å²) in [5.74, 6) is 4.95. The Morgan fingerprint density at radius 2 is 1.90 bits per heavy atom. The third-order valence-corrected chi connectivity index (χ3v) is 2.85. The van der Waals surface area contributed by atoms with E-state index in [0.29, 0.717) is 5.69 Å². The standard InChI is InChI=1S/C12H10ClN5O3/c13-9-5-6-10(17-14)16-11(9)12(19)15-7-1-3-8(4-2-7)18(20)21/h1-6H,14H2,(H,15,19)(H,16,17). The summed E-state index contributed by atoms with van der Waals surface area (Å²) in [6.07, 6.45) is 0. The lowest BCUT2D eigenvalue weighted by molar-refractivity contribution is -0.384. The monoisotopic (exact) mass is 307 g/mol. The lowest BCUT2D eigenvalue weighted by Crippen LogP contribution is -2.16. The van der Waals surface area contributed by atoms with Gasteiger partial charge in [-0.1, -0.05) is 11.6 Å². The van der Waals surface area contributed by atoms with E-state index in [-0.39, 0.29) is 22.2 Å². The maximum absolute atomic E-state index is 12.1. The Morgan fingerprint density at radius 3 is 2.48 bits per heavy atom. The first-order valence-electron chi connectivity index (χ1n) is 5.70. The molecular weight excluding hydrogens is 298 g/mol. The number of rotatable bonds is 4. The van der Waals surface area contributed by atoms with E-state index in [0.717, 1.165) is 0 Å². The minimum atomic E-state index is -0.550. The van der Waals surface area contributed by atoms with Gasteiger partial charge < -0.3 is 10.7 Å². The topological polar surface area (TPSA) is 123 Å². The number of aromatic nitrogens is 1. The van der Waals surface area contributed by atoms with Crippen molar-refractivity contribution in [1.82, 2.24) is 4.98 Å². The number of nitrogens with zero attached hydrogens (tertiary/aromatic N) is 2. The van der Waals surface area contributed by atoms with E-state index < -0.39 is 10.8 Å². The molecule has 1 aromatic heterocycles. The first-order valence-corrected chi connectivity index (χ1v) is 6.08. The molecule has 2 aromatic rings. The van der Waals surface area contributed by atoms with Crippen molar-refractivity contribution in [2.75, 3.05) is 10.7 Å². The van der Waals surface area contributed by atoms with Gasteiger partial charge in [0.2, 0.25) is 0 Å². The largest absolute Gasteiger partial charge is 0.321 e. The number of nitro benzene ring substituents is 1. The Morgan fingerprint density at radius 1 is 1.24 bits per heavy atom. The number of carbonyl (C=O) groups excluding carboxylic acids is 1. The highest BCUT2D eigenvalue weighted by Gasteiger charge is 2.14. The Kier molecular flexibility index (Phi) is 4.31. The van der Waals surface area contributed by atoms with Crippen molar-refractivity contribution >= 4 is 34.7 Å². The molecule has 0 aliphatic rings. The third-order valence-electron chi connectivity index (χ3n) is 2.54. The summed E-state index contributed by atoms with van der Waals surface area (Å²) in [6.45, 7) is 0. The average Bonchev–Trinajstić information content (AvgIpc) is 2.48. The molecular formula is C12H10ClN5O3. The summed E-state index contributed by atoms with van der Waals surface area (Å²) in [5.41, 5.74) is 2.61. The summed E-state index contributed by atoms with van der Waals surface area (Å²) in [5, 5.41) is 13.2. The van der Waals surface area contributed by atoms with Crippen molar-refractivity contribution in [3.05, 3.63) is 57.2 Å². The fraction of sp³-hybridized carbons (Fsp3) is 0. The molecule has 108 valence electrons. The van der Waals surface area contributed by atoms with Crippen molar-refractivity contribution < 1.29 is 9.72 Å². The van der Waals surface area contributed by atoms with Gasteiger partial charge in [-0.25, -0.2) is 10.8 Å². The molecule has 0 fully saturated rings. The van der Waals surface area contributed by atoms with Crippen LogP contribution in [0.25, 0.3) is 0 Å². The number of hydrogen-bond acceptors (Lipinski definition) is 6. The van der Waals surface area contributed by atoms with Crippen LogP contribution in [-0.4, -0.2) is 15.8 Å². The van der Waals surface area contributed by atoms with Gasteiger partial charge in [-0.05, 0) is 24.3 Å². The second kappa shape index (κ2) is 6.16. The second-order valence-corrected chi connectivity index (χ2v) is 4.34. The molecule has 0 aliphatic heterocycles. The van der Waals surface area contributed by atoms with Gasteiger partial charge >= 0.3 is 0 Å². The quantitative estimate of drug-likeness (QED) is 0.452. The summed E-state index contributed by atoms with van der Waals surface area (Å²) < 4.78 is 0. The van der Waals surface area contributed by atoms with Crippen molar-refractivity contribution in [2.45, 2.75) is 0 Å². The number of hydrogen-bond donors (Lipinski definition) is 3. The molecule has 21 heavy (non-hydrogen) atoms. The molecule has 0 radical (unpaired) electrons. The molecule has 1 amide bonds. The Balaban J connectivity index is 2.19. The van der Waals surface area contributed by atoms with Crippen molar-refractivity contribution in [3.8, 4) is 0 Å². The minimum absolute atomic E-state index is 0.00882. The van der Waals surface area contributed by atoms with Crippen LogP contribution in [0.2, 0.25) is 5.02 Å². The maximum Gasteiger partial charge on any atom is 0.275 e. The third kappa shape index (κ3) is 3.44. The Labute approximate surface area is 124 Å². The maximum atomic E-state index is 12.1. The van der Waals surface area contributed by atoms with Gasteiger partial charge in [-0.15, -0.1) is 0 Å². The van der Waals surface area contributed by atoms with Crippen LogP contribution in [0.3, 0.4) is 0 Å². The van der Waals surface area contributed by atoms with Gasteiger partial charge in [0.25, 0.3) is 11.6 Å². The van der Waals surface area contributed by atoms with Gasteiger partial charge in [-0.2, -0.15) is 0 Å². The van der Waals surface area contributed by atoms with E-state index in [1.54, 1.807) is 0 Å². The number of nitrogens with one attached hydrogen (secondary N) is 2. The number of nitrogen functional groups attached to an aromatic ring is 1. The van der Waals surface area contributed by atoms with Gasteiger partial charge in [-0.3, -0.25) is 14.9 Å². The summed E-state index contributed by atoms with van der Waals surface area (Å²) in [4.78, 5) is 26.0. The summed E-state index contributed by atoms with van der Waals surface area (Å²) >= 11 is 5.90. The van der Waals surface area contributed by atoms with E-state index >= 15 is 0 Å². The molecule has 8 nitrogen and oxygen atoms in total. The summed E-state index contributed by atoms with van der Waals surface area (Å²) in [7, 11) is 0. The van der Waals surface area contributed by atoms with Crippen LogP contribution in [0, 0.1) is 10.1 Å². The first-order chi connectivity index (χ1) is 10.0. The smallest absolute Gasteiger partial charge is 0.275 e. The molecule has 0 bridgehead atoms. The van der Waals surface area contributed by atoms with E-state index in [4.69, 9.17) is 17.4 Å². The number of halogens is 1. The predicted octanol–water partition coefficient (Wildman–Crippen LogP) is 2.18. The van der Waals surface area contributed by atoms with Crippen LogP contribution in [-0.2, 0) is 0 Å². The number of carbonyl (C=O) groups is 1. The molecule has 0 saturated heterocycles. The van der Waals surface area contributed by atoms with Gasteiger partial charge in [0.15, 0.2) is 0 Å². The molecule has 9 heteroatoms. The van der Waals surface area contributed by atoms with E-state index in [1.165, 1.54) is 36.4 Å². The number of hydrazine groups is 1. The predicted molar refractivity (Wildman–Crippen MR) is 78.1 cm³/mol. The van der Waals surface area contributed by atoms with E-state index in [2.05, 4.69) is 15.7 Å². The minimum Gasteiger partial charge on any atom is -0.321 e. The van der Waals surface area contributed by atoms with Gasteiger partial charge in [0.05, 0.1) is 9.95 Å². The lowest BCUT2D eigenvalue weighted by Gasteiger charge is -2.07. The molecule has 1 aromatic carbocycles. The number of non-ortho nitro benzene ring substituents is 1. The SMILES string of the molecule is NNc1ccc(Cl)c(C(=O)Nc2ccc([N+](=O)[O-])cc2)n1. The molecule has 2 rings (SSSR count). The molecule has 0 unspecified atom stereocenters. The lowest BCUT2D eigenvalue weighted by atomic mass is 10.2. The van der Waals surface area contributed by atoms with Gasteiger partial charge in [0.1, 0.15) is 11.5 Å². The number of pyridine rings is 1. The fourth-order valence-corrected chi connectivity index (χ4v) is 1.73. The van der Waals surface area contributed by atoms with E-state index in [9.17, 15) is 14.9 Å². The fourth-order valence-electron chi connectivity index (χ4n) is 1.54. The van der Waals surface area contributed by atoms with Crippen LogP contribution >= 0.6 is 11.6 Å². The zero-order valence-corrected chi connectivity index (χ0v) is 11.3. The number of nitro groups is 1. The molecule has 4 N–H and O–H groups in total. The molecule has 0 spiro atoms. The van der Waals surface area contributed by atoms with Crippen molar-refractivity contribution in [3.63, 3.8) is 0 Å². The normalized spacial score (nSPS) is 10.0. The Hall–Kier alpha value is -2.71. The number of benzene rings is 1. The van der Waals surface area contributed by atoms with Crippen LogP contribution in [0.4, 0.5) is 17.2 Å².